The largest absolute Gasteiger partial charge is 0.415 e. The molecule has 1 atom stereocenters. The maximum atomic E-state index is 13.2. The highest BCUT2D eigenvalue weighted by atomic mass is 19.4. The topological polar surface area (TPSA) is 75.4 Å². The van der Waals surface area contributed by atoms with Crippen LogP contribution in [-0.4, -0.2) is 28.9 Å². The molecule has 0 saturated heterocycles. The Hall–Kier alpha value is -1.74. The number of aliphatic hydroxyl groups is 1. The molecule has 9 heteroatoms. The summed E-state index contributed by atoms with van der Waals surface area (Å²) >= 11 is 0. The van der Waals surface area contributed by atoms with Gasteiger partial charge in [-0.2, -0.15) is 17.6 Å². The summed E-state index contributed by atoms with van der Waals surface area (Å²) < 4.78 is 49.0. The van der Waals surface area contributed by atoms with Crippen molar-refractivity contribution in [3.63, 3.8) is 0 Å². The number of benzene rings is 1. The second-order valence-corrected chi connectivity index (χ2v) is 3.73. The van der Waals surface area contributed by atoms with E-state index in [0.29, 0.717) is 0 Å². The van der Waals surface area contributed by atoms with Gasteiger partial charge in [0.2, 0.25) is 5.82 Å². The number of nitrogens with zero attached hydrogens (tertiary/aromatic N) is 1. The molecular weight excluding hydrogens is 272 g/mol. The minimum atomic E-state index is -4.73. The number of alkyl halides is 3. The molecule has 0 spiro atoms. The van der Waals surface area contributed by atoms with Crippen LogP contribution in [0, 0.1) is 15.9 Å². The highest BCUT2D eigenvalue weighted by Crippen LogP contribution is 2.20. The van der Waals surface area contributed by atoms with Gasteiger partial charge in [-0.25, -0.2) is 0 Å². The molecule has 0 fully saturated rings. The lowest BCUT2D eigenvalue weighted by molar-refractivity contribution is -0.387. The molecule has 19 heavy (non-hydrogen) atoms. The second kappa shape index (κ2) is 5.93. The lowest BCUT2D eigenvalue weighted by atomic mass is 10.2. The number of aliphatic hydroxyl groups excluding tert-OH is 1. The van der Waals surface area contributed by atoms with Crippen molar-refractivity contribution in [2.75, 3.05) is 6.54 Å². The Morgan fingerprint density at radius 2 is 2.05 bits per heavy atom. The van der Waals surface area contributed by atoms with Crippen molar-refractivity contribution in [1.82, 2.24) is 5.32 Å². The lowest BCUT2D eigenvalue weighted by Crippen LogP contribution is -2.38. The molecule has 1 rings (SSSR count). The third-order valence-corrected chi connectivity index (χ3v) is 2.25. The van der Waals surface area contributed by atoms with Crippen molar-refractivity contribution >= 4 is 5.69 Å². The van der Waals surface area contributed by atoms with Crippen LogP contribution in [-0.2, 0) is 6.54 Å². The highest BCUT2D eigenvalue weighted by molar-refractivity contribution is 5.34. The van der Waals surface area contributed by atoms with Crippen molar-refractivity contribution in [2.24, 2.45) is 0 Å². The Morgan fingerprint density at radius 3 is 2.53 bits per heavy atom. The summed E-state index contributed by atoms with van der Waals surface area (Å²) in [5, 5.41) is 21.3. The Labute approximate surface area is 105 Å². The Morgan fingerprint density at radius 1 is 1.42 bits per heavy atom. The van der Waals surface area contributed by atoms with Gasteiger partial charge in [0.25, 0.3) is 0 Å². The van der Waals surface area contributed by atoms with E-state index in [1.54, 1.807) is 0 Å². The van der Waals surface area contributed by atoms with E-state index in [2.05, 4.69) is 5.32 Å². The van der Waals surface area contributed by atoms with Gasteiger partial charge in [0.1, 0.15) is 0 Å². The van der Waals surface area contributed by atoms with E-state index in [1.165, 1.54) is 6.07 Å². The zero-order valence-corrected chi connectivity index (χ0v) is 9.45. The normalized spacial score (nSPS) is 13.3. The maximum absolute atomic E-state index is 13.2. The third-order valence-electron chi connectivity index (χ3n) is 2.25. The average molecular weight is 282 g/mol. The molecule has 0 aromatic heterocycles. The van der Waals surface area contributed by atoms with E-state index in [-0.39, 0.29) is 12.1 Å². The molecule has 106 valence electrons. The summed E-state index contributed by atoms with van der Waals surface area (Å²) in [6.45, 7) is -0.899. The van der Waals surface area contributed by atoms with Crippen molar-refractivity contribution in [3.8, 4) is 0 Å². The van der Waals surface area contributed by atoms with Crippen LogP contribution >= 0.6 is 0 Å². The number of hydrogen-bond acceptors (Lipinski definition) is 4. The van der Waals surface area contributed by atoms with E-state index in [9.17, 15) is 27.7 Å². The second-order valence-electron chi connectivity index (χ2n) is 3.73. The smallest absolute Gasteiger partial charge is 0.382 e. The minimum absolute atomic E-state index is 0.151. The number of nitro benzene ring substituents is 1. The van der Waals surface area contributed by atoms with Gasteiger partial charge >= 0.3 is 11.9 Å². The summed E-state index contributed by atoms with van der Waals surface area (Å²) in [6.07, 6.45) is -7.25. The first-order valence-corrected chi connectivity index (χ1v) is 5.10. The van der Waals surface area contributed by atoms with Crippen LogP contribution < -0.4 is 5.32 Å². The minimum Gasteiger partial charge on any atom is -0.382 e. The molecule has 0 amide bonds. The van der Waals surface area contributed by atoms with E-state index < -0.39 is 35.3 Å². The zero-order chi connectivity index (χ0) is 14.6. The molecular formula is C10H10F4N2O3. The van der Waals surface area contributed by atoms with E-state index in [4.69, 9.17) is 5.11 Å². The number of nitro groups is 1. The fraction of sp³-hybridized carbons (Fsp3) is 0.400. The van der Waals surface area contributed by atoms with Gasteiger partial charge in [0.05, 0.1) is 4.92 Å². The molecule has 0 aliphatic carbocycles. The van der Waals surface area contributed by atoms with Gasteiger partial charge in [-0.05, 0) is 11.6 Å². The Kier molecular flexibility index (Phi) is 4.78. The monoisotopic (exact) mass is 282 g/mol. The highest BCUT2D eigenvalue weighted by Gasteiger charge is 2.37. The van der Waals surface area contributed by atoms with Crippen LogP contribution in [0.1, 0.15) is 5.56 Å². The molecule has 1 aromatic rings. The number of nitrogens with one attached hydrogen (secondary N) is 1. The first kappa shape index (κ1) is 15.3. The first-order chi connectivity index (χ1) is 8.71. The molecule has 5 nitrogen and oxygen atoms in total. The molecule has 0 heterocycles. The van der Waals surface area contributed by atoms with Crippen LogP contribution in [0.2, 0.25) is 0 Å². The molecule has 2 N–H and O–H groups in total. The number of rotatable bonds is 5. The summed E-state index contributed by atoms with van der Waals surface area (Å²) in [7, 11) is 0. The van der Waals surface area contributed by atoms with E-state index in [1.807, 2.05) is 0 Å². The summed E-state index contributed by atoms with van der Waals surface area (Å²) in [5.41, 5.74) is -0.475. The van der Waals surface area contributed by atoms with Gasteiger partial charge in [-0.3, -0.25) is 10.1 Å². The maximum Gasteiger partial charge on any atom is 0.415 e. The molecule has 1 aromatic carbocycles. The van der Waals surface area contributed by atoms with E-state index >= 15 is 0 Å². The standard InChI is InChI=1S/C10H10F4N2O3/c11-7-3-6(1-2-8(7)16(18)19)4-15-5-9(17)10(12,13)14/h1-3,9,15,17H,4-5H2. The van der Waals surface area contributed by atoms with Gasteiger partial charge in [0, 0.05) is 19.2 Å². The first-order valence-electron chi connectivity index (χ1n) is 5.10. The molecule has 0 aliphatic rings. The van der Waals surface area contributed by atoms with Crippen molar-refractivity contribution in [1.29, 1.82) is 0 Å². The Bertz CT molecular complexity index is 465. The van der Waals surface area contributed by atoms with E-state index in [0.717, 1.165) is 12.1 Å². The fourth-order valence-electron chi connectivity index (χ4n) is 1.28. The van der Waals surface area contributed by atoms with Gasteiger partial charge < -0.3 is 10.4 Å². The number of hydrogen-bond donors (Lipinski definition) is 2. The molecule has 1 unspecified atom stereocenters. The van der Waals surface area contributed by atoms with Gasteiger partial charge in [-0.1, -0.05) is 6.07 Å². The van der Waals surface area contributed by atoms with Crippen molar-refractivity contribution in [3.05, 3.63) is 39.7 Å². The molecule has 0 bridgehead atoms. The molecule has 0 radical (unpaired) electrons. The fourth-order valence-corrected chi connectivity index (χ4v) is 1.28. The summed E-state index contributed by atoms with van der Waals surface area (Å²) in [5.74, 6) is -1.07. The molecule has 0 aliphatic heterocycles. The van der Waals surface area contributed by atoms with Crippen LogP contribution in [0.15, 0.2) is 18.2 Å². The number of halogens is 4. The SMILES string of the molecule is O=[N+]([O-])c1ccc(CNCC(O)C(F)(F)F)cc1F. The Balaban J connectivity index is 2.56. The van der Waals surface area contributed by atoms with Crippen molar-refractivity contribution in [2.45, 2.75) is 18.8 Å². The van der Waals surface area contributed by atoms with Crippen LogP contribution in [0.4, 0.5) is 23.2 Å². The van der Waals surface area contributed by atoms with Crippen LogP contribution in [0.3, 0.4) is 0 Å². The van der Waals surface area contributed by atoms with Gasteiger partial charge in [0.15, 0.2) is 6.10 Å². The predicted octanol–water partition coefficient (Wildman–Crippen LogP) is 1.75. The zero-order valence-electron chi connectivity index (χ0n) is 9.45. The average Bonchev–Trinajstić information content (AvgIpc) is 2.27. The van der Waals surface area contributed by atoms with Crippen LogP contribution in [0.5, 0.6) is 0 Å². The summed E-state index contributed by atoms with van der Waals surface area (Å²) in [4.78, 5) is 9.44. The predicted molar refractivity (Wildman–Crippen MR) is 56.8 cm³/mol. The third kappa shape index (κ3) is 4.45. The molecule has 0 saturated carbocycles. The lowest BCUT2D eigenvalue weighted by Gasteiger charge is -2.14. The van der Waals surface area contributed by atoms with Crippen LogP contribution in [0.25, 0.3) is 0 Å². The quantitative estimate of drug-likeness (QED) is 0.490. The van der Waals surface area contributed by atoms with Crippen molar-refractivity contribution < 1.29 is 27.6 Å². The van der Waals surface area contributed by atoms with Gasteiger partial charge in [-0.15, -0.1) is 0 Å². The summed E-state index contributed by atoms with van der Waals surface area (Å²) in [6, 6.07) is 2.99.